The van der Waals surface area contributed by atoms with Crippen molar-refractivity contribution in [2.75, 3.05) is 5.33 Å². The number of halogens is 2. The van der Waals surface area contributed by atoms with Crippen molar-refractivity contribution in [2.45, 2.75) is 11.8 Å². The van der Waals surface area contributed by atoms with E-state index in [-0.39, 0.29) is 5.78 Å². The van der Waals surface area contributed by atoms with E-state index >= 15 is 0 Å². The van der Waals surface area contributed by atoms with E-state index in [1.165, 1.54) is 0 Å². The molecule has 13 heavy (non-hydrogen) atoms. The van der Waals surface area contributed by atoms with E-state index in [1.807, 2.05) is 24.3 Å². The number of benzene rings is 1. The Hall–Kier alpha value is -0.150. The van der Waals surface area contributed by atoms with Crippen LogP contribution >= 0.6 is 31.9 Å². The number of carbonyl (C=O) groups excluding carboxylic acids is 1. The molecule has 0 heterocycles. The summed E-state index contributed by atoms with van der Waals surface area (Å²) >= 11 is 6.61. The minimum absolute atomic E-state index is 0.194. The highest BCUT2D eigenvalue weighted by Gasteiger charge is 2.04. The van der Waals surface area contributed by atoms with Gasteiger partial charge in [-0.3, -0.25) is 4.79 Å². The number of rotatable bonds is 4. The van der Waals surface area contributed by atoms with Crippen molar-refractivity contribution >= 4 is 37.6 Å². The van der Waals surface area contributed by atoms with E-state index in [2.05, 4.69) is 31.9 Å². The molecule has 0 amide bonds. The SMILES string of the molecule is O=C(CCBr)c1cccc(CBr)c1. The molecule has 0 radical (unpaired) electrons. The molecule has 0 aromatic heterocycles. The monoisotopic (exact) mass is 304 g/mol. The Balaban J connectivity index is 2.82. The molecule has 0 saturated heterocycles. The van der Waals surface area contributed by atoms with Crippen molar-refractivity contribution in [3.8, 4) is 0 Å². The summed E-state index contributed by atoms with van der Waals surface area (Å²) in [6.07, 6.45) is 0.561. The fourth-order valence-electron chi connectivity index (χ4n) is 1.06. The van der Waals surface area contributed by atoms with Crippen LogP contribution in [0.4, 0.5) is 0 Å². The Labute approximate surface area is 94.8 Å². The van der Waals surface area contributed by atoms with Crippen LogP contribution in [0.15, 0.2) is 24.3 Å². The lowest BCUT2D eigenvalue weighted by Crippen LogP contribution is -1.99. The second kappa shape index (κ2) is 5.55. The minimum Gasteiger partial charge on any atom is -0.294 e. The lowest BCUT2D eigenvalue weighted by Gasteiger charge is -2.00. The van der Waals surface area contributed by atoms with Gasteiger partial charge in [0, 0.05) is 22.6 Å². The molecule has 0 spiro atoms. The molecule has 0 bridgehead atoms. The Morgan fingerprint density at radius 1 is 1.31 bits per heavy atom. The minimum atomic E-state index is 0.194. The van der Waals surface area contributed by atoms with Crippen LogP contribution in [0.1, 0.15) is 22.3 Å². The third-order valence-electron chi connectivity index (χ3n) is 1.72. The van der Waals surface area contributed by atoms with Gasteiger partial charge in [0.1, 0.15) is 0 Å². The maximum atomic E-state index is 11.5. The maximum absolute atomic E-state index is 11.5. The highest BCUT2D eigenvalue weighted by atomic mass is 79.9. The number of ketones is 1. The quantitative estimate of drug-likeness (QED) is 0.614. The standard InChI is InChI=1S/C10H10Br2O/c11-5-4-10(13)9-3-1-2-8(6-9)7-12/h1-3,6H,4-5,7H2. The molecule has 70 valence electrons. The molecule has 1 aromatic rings. The van der Waals surface area contributed by atoms with E-state index in [0.717, 1.165) is 21.8 Å². The molecule has 1 nitrogen and oxygen atoms in total. The normalized spacial score (nSPS) is 10.0. The van der Waals surface area contributed by atoms with Gasteiger partial charge in [0.15, 0.2) is 5.78 Å². The van der Waals surface area contributed by atoms with Crippen LogP contribution in [0.25, 0.3) is 0 Å². The predicted molar refractivity (Wildman–Crippen MR) is 61.8 cm³/mol. The number of hydrogen-bond acceptors (Lipinski definition) is 1. The molecule has 0 aliphatic heterocycles. The van der Waals surface area contributed by atoms with Crippen molar-refractivity contribution in [3.05, 3.63) is 35.4 Å². The number of Topliss-reactive ketones (excluding diaryl/α,β-unsaturated/α-hetero) is 1. The van der Waals surface area contributed by atoms with Crippen molar-refractivity contribution in [2.24, 2.45) is 0 Å². The summed E-state index contributed by atoms with van der Waals surface area (Å²) in [6, 6.07) is 7.70. The zero-order valence-electron chi connectivity index (χ0n) is 7.09. The van der Waals surface area contributed by atoms with Gasteiger partial charge in [-0.25, -0.2) is 0 Å². The molecular weight excluding hydrogens is 296 g/mol. The highest BCUT2D eigenvalue weighted by Crippen LogP contribution is 2.11. The second-order valence-electron chi connectivity index (χ2n) is 2.70. The lowest BCUT2D eigenvalue weighted by atomic mass is 10.1. The summed E-state index contributed by atoms with van der Waals surface area (Å²) in [7, 11) is 0. The Morgan fingerprint density at radius 3 is 2.69 bits per heavy atom. The molecule has 0 fully saturated rings. The molecule has 3 heteroatoms. The first-order valence-corrected chi connectivity index (χ1v) is 6.26. The molecule has 0 aliphatic rings. The predicted octanol–water partition coefficient (Wildman–Crippen LogP) is 3.55. The molecule has 1 rings (SSSR count). The topological polar surface area (TPSA) is 17.1 Å². The first kappa shape index (κ1) is 10.9. The fourth-order valence-corrected chi connectivity index (χ4v) is 1.77. The first-order valence-electron chi connectivity index (χ1n) is 4.02. The molecule has 0 unspecified atom stereocenters. The summed E-state index contributed by atoms with van der Waals surface area (Å²) in [5.74, 6) is 0.194. The summed E-state index contributed by atoms with van der Waals surface area (Å²) in [5, 5.41) is 1.52. The third-order valence-corrected chi connectivity index (χ3v) is 2.77. The van der Waals surface area contributed by atoms with Crippen molar-refractivity contribution < 1.29 is 4.79 Å². The van der Waals surface area contributed by atoms with Gasteiger partial charge in [0.25, 0.3) is 0 Å². The number of alkyl halides is 2. The highest BCUT2D eigenvalue weighted by molar-refractivity contribution is 9.09. The summed E-state index contributed by atoms with van der Waals surface area (Å²) < 4.78 is 0. The lowest BCUT2D eigenvalue weighted by molar-refractivity contribution is 0.0990. The van der Waals surface area contributed by atoms with Crippen LogP contribution in [-0.2, 0) is 5.33 Å². The van der Waals surface area contributed by atoms with Gasteiger partial charge in [-0.05, 0) is 11.6 Å². The maximum Gasteiger partial charge on any atom is 0.163 e. The largest absolute Gasteiger partial charge is 0.294 e. The molecular formula is C10H10Br2O. The molecule has 0 saturated carbocycles. The van der Waals surface area contributed by atoms with Gasteiger partial charge >= 0.3 is 0 Å². The van der Waals surface area contributed by atoms with Crippen LogP contribution in [0, 0.1) is 0 Å². The fraction of sp³-hybridized carbons (Fsp3) is 0.300. The van der Waals surface area contributed by atoms with Gasteiger partial charge in [-0.2, -0.15) is 0 Å². The van der Waals surface area contributed by atoms with Crippen LogP contribution in [0.2, 0.25) is 0 Å². The summed E-state index contributed by atoms with van der Waals surface area (Å²) in [4.78, 5) is 11.5. The average molecular weight is 306 g/mol. The second-order valence-corrected chi connectivity index (χ2v) is 4.05. The van der Waals surface area contributed by atoms with Crippen LogP contribution in [0.3, 0.4) is 0 Å². The van der Waals surface area contributed by atoms with Crippen molar-refractivity contribution in [1.29, 1.82) is 0 Å². The zero-order chi connectivity index (χ0) is 9.68. The van der Waals surface area contributed by atoms with Crippen LogP contribution < -0.4 is 0 Å². The van der Waals surface area contributed by atoms with E-state index in [0.29, 0.717) is 6.42 Å². The van der Waals surface area contributed by atoms with Gasteiger partial charge in [-0.15, -0.1) is 0 Å². The van der Waals surface area contributed by atoms with Crippen molar-refractivity contribution in [3.63, 3.8) is 0 Å². The van der Waals surface area contributed by atoms with Crippen LogP contribution in [-0.4, -0.2) is 11.1 Å². The smallest absolute Gasteiger partial charge is 0.163 e. The Morgan fingerprint density at radius 2 is 2.08 bits per heavy atom. The zero-order valence-corrected chi connectivity index (χ0v) is 10.3. The van der Waals surface area contributed by atoms with Gasteiger partial charge in [0.2, 0.25) is 0 Å². The Kier molecular flexibility index (Phi) is 4.67. The van der Waals surface area contributed by atoms with E-state index in [9.17, 15) is 4.79 Å². The molecule has 0 N–H and O–H groups in total. The van der Waals surface area contributed by atoms with Gasteiger partial charge in [0.05, 0.1) is 0 Å². The first-order chi connectivity index (χ1) is 6.27. The van der Waals surface area contributed by atoms with Gasteiger partial charge < -0.3 is 0 Å². The molecule has 0 aliphatic carbocycles. The summed E-state index contributed by atoms with van der Waals surface area (Å²) in [5.41, 5.74) is 1.94. The van der Waals surface area contributed by atoms with E-state index in [4.69, 9.17) is 0 Å². The number of hydrogen-bond donors (Lipinski definition) is 0. The van der Waals surface area contributed by atoms with E-state index < -0.39 is 0 Å². The molecule has 0 atom stereocenters. The summed E-state index contributed by atoms with van der Waals surface area (Å²) in [6.45, 7) is 0. The molecule has 1 aromatic carbocycles. The average Bonchev–Trinajstić information content (AvgIpc) is 2.18. The Bertz CT molecular complexity index is 297. The number of carbonyl (C=O) groups is 1. The third kappa shape index (κ3) is 3.24. The van der Waals surface area contributed by atoms with E-state index in [1.54, 1.807) is 0 Å². The van der Waals surface area contributed by atoms with Crippen LogP contribution in [0.5, 0.6) is 0 Å². The van der Waals surface area contributed by atoms with Crippen molar-refractivity contribution in [1.82, 2.24) is 0 Å². The van der Waals surface area contributed by atoms with Gasteiger partial charge in [-0.1, -0.05) is 50.1 Å².